The Morgan fingerprint density at radius 3 is 2.79 bits per heavy atom. The first kappa shape index (κ1) is 14.5. The van der Waals surface area contributed by atoms with E-state index in [9.17, 15) is 0 Å². The number of hydrogen-bond donors (Lipinski definition) is 1. The summed E-state index contributed by atoms with van der Waals surface area (Å²) in [7, 11) is 0. The van der Waals surface area contributed by atoms with E-state index in [1.54, 1.807) is 0 Å². The predicted molar refractivity (Wildman–Crippen MR) is 84.3 cm³/mol. The molecule has 0 saturated carbocycles. The second-order valence-corrected chi connectivity index (χ2v) is 5.98. The van der Waals surface area contributed by atoms with E-state index < -0.39 is 0 Å². The van der Waals surface area contributed by atoms with Gasteiger partial charge in [0.1, 0.15) is 5.82 Å². The highest BCUT2D eigenvalue weighted by molar-refractivity contribution is 9.10. The maximum absolute atomic E-state index is 6.17. The lowest BCUT2D eigenvalue weighted by Crippen LogP contribution is -2.24. The fourth-order valence-electron chi connectivity index (χ4n) is 2.49. The largest absolute Gasteiger partial charge is 0.328 e. The number of aromatic nitrogens is 2. The molecule has 3 nitrogen and oxygen atoms in total. The van der Waals surface area contributed by atoms with Gasteiger partial charge in [-0.15, -0.1) is 0 Å². The van der Waals surface area contributed by atoms with Gasteiger partial charge in [-0.05, 0) is 31.0 Å². The van der Waals surface area contributed by atoms with E-state index in [0.29, 0.717) is 0 Å². The molecule has 19 heavy (non-hydrogen) atoms. The van der Waals surface area contributed by atoms with Crippen molar-refractivity contribution in [1.29, 1.82) is 0 Å². The Bertz CT molecular complexity index is 548. The Morgan fingerprint density at radius 2 is 2.11 bits per heavy atom. The molecule has 2 rings (SSSR count). The minimum Gasteiger partial charge on any atom is -0.328 e. The quantitative estimate of drug-likeness (QED) is 0.876. The topological polar surface area (TPSA) is 43.8 Å². The van der Waals surface area contributed by atoms with E-state index >= 15 is 0 Å². The van der Waals surface area contributed by atoms with Gasteiger partial charge in [-0.3, -0.25) is 0 Å². The molecule has 1 heterocycles. The van der Waals surface area contributed by atoms with Crippen molar-refractivity contribution >= 4 is 27.0 Å². The van der Waals surface area contributed by atoms with E-state index in [1.807, 2.05) is 0 Å². The molecule has 2 N–H and O–H groups in total. The molecule has 104 valence electrons. The third-order valence-corrected chi connectivity index (χ3v) is 3.83. The molecule has 4 heteroatoms. The average Bonchev–Trinajstić information content (AvgIpc) is 2.67. The SMILES string of the molecule is CCCC(N)Cc1nc2cc(Br)ccc2n1CCC. The molecule has 1 atom stereocenters. The maximum Gasteiger partial charge on any atom is 0.111 e. The lowest BCUT2D eigenvalue weighted by atomic mass is 10.1. The third-order valence-electron chi connectivity index (χ3n) is 3.34. The first-order valence-corrected chi connectivity index (χ1v) is 7.85. The van der Waals surface area contributed by atoms with Gasteiger partial charge in [0, 0.05) is 23.5 Å². The Labute approximate surface area is 123 Å². The van der Waals surface area contributed by atoms with Crippen molar-refractivity contribution in [2.24, 2.45) is 5.73 Å². The van der Waals surface area contributed by atoms with Gasteiger partial charge in [-0.2, -0.15) is 0 Å². The van der Waals surface area contributed by atoms with Gasteiger partial charge in [0.25, 0.3) is 0 Å². The van der Waals surface area contributed by atoms with Crippen molar-refractivity contribution < 1.29 is 0 Å². The third kappa shape index (κ3) is 3.37. The monoisotopic (exact) mass is 323 g/mol. The highest BCUT2D eigenvalue weighted by Gasteiger charge is 2.13. The smallest absolute Gasteiger partial charge is 0.111 e. The maximum atomic E-state index is 6.17. The van der Waals surface area contributed by atoms with Crippen molar-refractivity contribution in [3.05, 3.63) is 28.5 Å². The van der Waals surface area contributed by atoms with Gasteiger partial charge in [-0.25, -0.2) is 4.98 Å². The van der Waals surface area contributed by atoms with Gasteiger partial charge < -0.3 is 10.3 Å². The van der Waals surface area contributed by atoms with Gasteiger partial charge in [0.05, 0.1) is 11.0 Å². The number of halogens is 1. The Morgan fingerprint density at radius 1 is 1.32 bits per heavy atom. The molecule has 0 aliphatic heterocycles. The number of imidazole rings is 1. The number of aryl methyl sites for hydroxylation is 1. The van der Waals surface area contributed by atoms with Crippen LogP contribution in [-0.4, -0.2) is 15.6 Å². The molecule has 0 aliphatic carbocycles. The van der Waals surface area contributed by atoms with Crippen molar-refractivity contribution in [2.75, 3.05) is 0 Å². The van der Waals surface area contributed by atoms with Crippen molar-refractivity contribution in [1.82, 2.24) is 9.55 Å². The van der Waals surface area contributed by atoms with Crippen LogP contribution in [0, 0.1) is 0 Å². The summed E-state index contributed by atoms with van der Waals surface area (Å²) in [5, 5.41) is 0. The molecule has 0 aliphatic rings. The van der Waals surface area contributed by atoms with Gasteiger partial charge in [0.2, 0.25) is 0 Å². The lowest BCUT2D eigenvalue weighted by Gasteiger charge is -2.12. The number of nitrogens with two attached hydrogens (primary N) is 1. The zero-order valence-corrected chi connectivity index (χ0v) is 13.3. The summed E-state index contributed by atoms with van der Waals surface area (Å²) >= 11 is 3.51. The van der Waals surface area contributed by atoms with E-state index in [1.165, 1.54) is 5.52 Å². The molecular weight excluding hydrogens is 302 g/mol. The molecule has 0 spiro atoms. The number of benzene rings is 1. The van der Waals surface area contributed by atoms with Crippen LogP contribution in [0.3, 0.4) is 0 Å². The number of rotatable bonds is 6. The van der Waals surface area contributed by atoms with Gasteiger partial charge in [-0.1, -0.05) is 36.2 Å². The van der Waals surface area contributed by atoms with Crippen LogP contribution >= 0.6 is 15.9 Å². The highest BCUT2D eigenvalue weighted by Crippen LogP contribution is 2.22. The van der Waals surface area contributed by atoms with Crippen LogP contribution in [0.25, 0.3) is 11.0 Å². The Kier molecular flexibility index (Phi) is 4.99. The lowest BCUT2D eigenvalue weighted by molar-refractivity contribution is 0.557. The van der Waals surface area contributed by atoms with Crippen LogP contribution < -0.4 is 5.73 Å². The summed E-state index contributed by atoms with van der Waals surface area (Å²) in [5.41, 5.74) is 8.44. The zero-order valence-electron chi connectivity index (χ0n) is 11.7. The minimum atomic E-state index is 0.209. The van der Waals surface area contributed by atoms with Gasteiger partial charge in [0.15, 0.2) is 0 Å². The molecule has 0 radical (unpaired) electrons. The van der Waals surface area contributed by atoms with Crippen LogP contribution in [0.4, 0.5) is 0 Å². The van der Waals surface area contributed by atoms with E-state index in [2.05, 4.69) is 52.5 Å². The normalized spacial score (nSPS) is 13.1. The van der Waals surface area contributed by atoms with Crippen LogP contribution in [0.2, 0.25) is 0 Å². The summed E-state index contributed by atoms with van der Waals surface area (Å²) < 4.78 is 3.39. The minimum absolute atomic E-state index is 0.209. The summed E-state index contributed by atoms with van der Waals surface area (Å²) in [6, 6.07) is 6.50. The standard InChI is InChI=1S/C15H22BrN3/c1-3-5-12(17)10-15-18-13-9-11(16)6-7-14(13)19(15)8-4-2/h6-7,9,12H,3-5,8,10,17H2,1-2H3. The van der Waals surface area contributed by atoms with Crippen molar-refractivity contribution in [3.8, 4) is 0 Å². The first-order valence-electron chi connectivity index (χ1n) is 7.06. The molecular formula is C15H22BrN3. The molecule has 0 amide bonds. The predicted octanol–water partition coefficient (Wildman–Crippen LogP) is 3.88. The average molecular weight is 324 g/mol. The molecule has 1 unspecified atom stereocenters. The molecule has 0 bridgehead atoms. The summed E-state index contributed by atoms with van der Waals surface area (Å²) in [5.74, 6) is 1.12. The van der Waals surface area contributed by atoms with E-state index in [0.717, 1.165) is 48.0 Å². The fraction of sp³-hybridized carbons (Fsp3) is 0.533. The zero-order chi connectivity index (χ0) is 13.8. The van der Waals surface area contributed by atoms with E-state index in [-0.39, 0.29) is 6.04 Å². The molecule has 1 aromatic carbocycles. The molecule has 1 aromatic heterocycles. The number of hydrogen-bond acceptors (Lipinski definition) is 2. The first-order chi connectivity index (χ1) is 9.15. The van der Waals surface area contributed by atoms with Crippen LogP contribution in [0.5, 0.6) is 0 Å². The van der Waals surface area contributed by atoms with Crippen LogP contribution in [0.1, 0.15) is 38.9 Å². The fourth-order valence-corrected chi connectivity index (χ4v) is 2.84. The van der Waals surface area contributed by atoms with Crippen LogP contribution in [-0.2, 0) is 13.0 Å². The molecule has 2 aromatic rings. The summed E-state index contributed by atoms with van der Waals surface area (Å²) in [6.07, 6.45) is 4.15. The molecule has 0 saturated heterocycles. The van der Waals surface area contributed by atoms with Crippen LogP contribution in [0.15, 0.2) is 22.7 Å². The second kappa shape index (κ2) is 6.53. The Hall–Kier alpha value is -0.870. The summed E-state index contributed by atoms with van der Waals surface area (Å²) in [6.45, 7) is 5.37. The summed E-state index contributed by atoms with van der Waals surface area (Å²) in [4.78, 5) is 4.77. The highest BCUT2D eigenvalue weighted by atomic mass is 79.9. The van der Waals surface area contributed by atoms with Gasteiger partial charge >= 0.3 is 0 Å². The van der Waals surface area contributed by atoms with E-state index in [4.69, 9.17) is 10.7 Å². The second-order valence-electron chi connectivity index (χ2n) is 5.07. The van der Waals surface area contributed by atoms with Crippen molar-refractivity contribution in [2.45, 2.75) is 52.1 Å². The number of nitrogens with zero attached hydrogens (tertiary/aromatic N) is 2. The van der Waals surface area contributed by atoms with Crippen molar-refractivity contribution in [3.63, 3.8) is 0 Å². The molecule has 0 fully saturated rings. The number of fused-ring (bicyclic) bond motifs is 1. The Balaban J connectivity index is 2.38.